The van der Waals surface area contributed by atoms with E-state index in [9.17, 15) is 16.8 Å². The number of sulfonamides is 2. The maximum Gasteiger partial charge on any atom is 0.243 e. The monoisotopic (exact) mass is 444 g/mol. The van der Waals surface area contributed by atoms with Crippen LogP contribution >= 0.6 is 11.3 Å². The molecule has 0 saturated carbocycles. The summed E-state index contributed by atoms with van der Waals surface area (Å²) in [5, 5.41) is 1.91. The highest BCUT2D eigenvalue weighted by atomic mass is 32.2. The molecule has 0 spiro atoms. The Balaban J connectivity index is 1.89. The van der Waals surface area contributed by atoms with Crippen molar-refractivity contribution in [3.63, 3.8) is 0 Å². The molecular weight excluding hydrogens is 420 g/mol. The van der Waals surface area contributed by atoms with E-state index in [2.05, 4.69) is 0 Å². The van der Waals surface area contributed by atoms with Crippen molar-refractivity contribution >= 4 is 31.4 Å². The lowest BCUT2D eigenvalue weighted by Crippen LogP contribution is -2.36. The number of hydrogen-bond donors (Lipinski definition) is 0. The van der Waals surface area contributed by atoms with Crippen LogP contribution < -0.4 is 0 Å². The highest BCUT2D eigenvalue weighted by Crippen LogP contribution is 2.25. The second kappa shape index (κ2) is 8.60. The van der Waals surface area contributed by atoms with Crippen LogP contribution in [0, 0.1) is 0 Å². The lowest BCUT2D eigenvalue weighted by Gasteiger charge is -2.24. The molecule has 0 N–H and O–H groups in total. The summed E-state index contributed by atoms with van der Waals surface area (Å²) in [6.07, 6.45) is 1.63. The third-order valence-electron chi connectivity index (χ3n) is 4.58. The van der Waals surface area contributed by atoms with E-state index in [4.69, 9.17) is 4.74 Å². The Morgan fingerprint density at radius 2 is 1.68 bits per heavy atom. The number of ether oxygens (including phenoxy) is 1. The van der Waals surface area contributed by atoms with Gasteiger partial charge < -0.3 is 4.74 Å². The fraction of sp³-hybridized carbons (Fsp3) is 0.444. The van der Waals surface area contributed by atoms with Gasteiger partial charge in [-0.2, -0.15) is 4.31 Å². The minimum absolute atomic E-state index is 0.0559. The molecule has 2 heterocycles. The predicted octanol–water partition coefficient (Wildman–Crippen LogP) is 2.37. The quantitative estimate of drug-likeness (QED) is 0.624. The largest absolute Gasteiger partial charge is 0.377 e. The molecule has 2 aromatic rings. The molecular formula is C18H24N2O5S3. The zero-order valence-corrected chi connectivity index (χ0v) is 18.3. The summed E-state index contributed by atoms with van der Waals surface area (Å²) in [6, 6.07) is 9.15. The molecule has 1 aromatic carbocycles. The molecule has 0 radical (unpaired) electrons. The molecule has 10 heteroatoms. The van der Waals surface area contributed by atoms with Crippen molar-refractivity contribution in [2.45, 2.75) is 35.3 Å². The first-order valence-electron chi connectivity index (χ1n) is 8.88. The van der Waals surface area contributed by atoms with Crippen molar-refractivity contribution in [2.24, 2.45) is 0 Å². The predicted molar refractivity (Wildman–Crippen MR) is 108 cm³/mol. The number of rotatable bonds is 8. The number of benzene rings is 1. The van der Waals surface area contributed by atoms with Crippen molar-refractivity contribution in [1.29, 1.82) is 0 Å². The zero-order chi connectivity index (χ0) is 20.4. The van der Waals surface area contributed by atoms with E-state index < -0.39 is 20.0 Å². The molecule has 28 heavy (non-hydrogen) atoms. The molecule has 154 valence electrons. The van der Waals surface area contributed by atoms with Gasteiger partial charge in [-0.05, 0) is 48.6 Å². The SMILES string of the molecule is CN(C)S(=O)(=O)c1ccc(S(=O)(=O)N(Cc2cccs2)C[C@H]2CCCO2)cc1. The van der Waals surface area contributed by atoms with Gasteiger partial charge in [0.05, 0.1) is 15.9 Å². The second-order valence-corrected chi connectivity index (χ2v) is 11.9. The number of thiophene rings is 1. The van der Waals surface area contributed by atoms with Crippen LogP contribution in [0.5, 0.6) is 0 Å². The van der Waals surface area contributed by atoms with Crippen molar-refractivity contribution < 1.29 is 21.6 Å². The average molecular weight is 445 g/mol. The molecule has 1 aliphatic rings. The maximum absolute atomic E-state index is 13.3. The topological polar surface area (TPSA) is 84.0 Å². The minimum Gasteiger partial charge on any atom is -0.377 e. The highest BCUT2D eigenvalue weighted by Gasteiger charge is 2.30. The third-order valence-corrected chi connectivity index (χ3v) is 9.10. The smallest absolute Gasteiger partial charge is 0.243 e. The lowest BCUT2D eigenvalue weighted by molar-refractivity contribution is 0.0927. The molecule has 1 aliphatic heterocycles. The van der Waals surface area contributed by atoms with Crippen LogP contribution in [0.3, 0.4) is 0 Å². The van der Waals surface area contributed by atoms with E-state index in [-0.39, 0.29) is 29.0 Å². The van der Waals surface area contributed by atoms with E-state index in [1.54, 1.807) is 0 Å². The van der Waals surface area contributed by atoms with Gasteiger partial charge in [-0.1, -0.05) is 6.07 Å². The fourth-order valence-electron chi connectivity index (χ4n) is 2.98. The van der Waals surface area contributed by atoms with Gasteiger partial charge in [0.25, 0.3) is 0 Å². The summed E-state index contributed by atoms with van der Waals surface area (Å²) in [7, 11) is -4.54. The summed E-state index contributed by atoms with van der Waals surface area (Å²) in [4.78, 5) is 1.06. The highest BCUT2D eigenvalue weighted by molar-refractivity contribution is 7.89. The van der Waals surface area contributed by atoms with Gasteiger partial charge in [0, 0.05) is 38.7 Å². The van der Waals surface area contributed by atoms with E-state index >= 15 is 0 Å². The van der Waals surface area contributed by atoms with Gasteiger partial charge in [0.2, 0.25) is 20.0 Å². The summed E-state index contributed by atoms with van der Waals surface area (Å²) < 4.78 is 59.1. The fourth-order valence-corrected chi connectivity index (χ4v) is 6.14. The Morgan fingerprint density at radius 3 is 2.18 bits per heavy atom. The van der Waals surface area contributed by atoms with Crippen molar-refractivity contribution in [3.8, 4) is 0 Å². The molecule has 1 atom stereocenters. The normalized spacial score (nSPS) is 18.2. The Labute approximate surface area is 170 Å². The Morgan fingerprint density at radius 1 is 1.04 bits per heavy atom. The van der Waals surface area contributed by atoms with E-state index in [0.29, 0.717) is 6.61 Å². The van der Waals surface area contributed by atoms with Crippen LogP contribution in [0.1, 0.15) is 17.7 Å². The van der Waals surface area contributed by atoms with Gasteiger partial charge in [-0.3, -0.25) is 0 Å². The summed E-state index contributed by atoms with van der Waals surface area (Å²) in [5.41, 5.74) is 0. The molecule has 0 unspecified atom stereocenters. The second-order valence-electron chi connectivity index (χ2n) is 6.77. The van der Waals surface area contributed by atoms with E-state index in [1.807, 2.05) is 17.5 Å². The first kappa shape index (κ1) is 21.4. The van der Waals surface area contributed by atoms with Gasteiger partial charge in [0.15, 0.2) is 0 Å². The first-order valence-corrected chi connectivity index (χ1v) is 12.6. The van der Waals surface area contributed by atoms with E-state index in [1.165, 1.54) is 54.0 Å². The van der Waals surface area contributed by atoms with Crippen LogP contribution in [0.2, 0.25) is 0 Å². The van der Waals surface area contributed by atoms with Crippen LogP contribution in [0.25, 0.3) is 0 Å². The van der Waals surface area contributed by atoms with Crippen molar-refractivity contribution in [3.05, 3.63) is 46.7 Å². The lowest BCUT2D eigenvalue weighted by atomic mass is 10.2. The molecule has 0 aliphatic carbocycles. The minimum atomic E-state index is -3.80. The first-order chi connectivity index (χ1) is 13.2. The summed E-state index contributed by atoms with van der Waals surface area (Å²) in [5.74, 6) is 0. The van der Waals surface area contributed by atoms with Crippen LogP contribution in [0.4, 0.5) is 0 Å². The maximum atomic E-state index is 13.3. The molecule has 1 fully saturated rings. The van der Waals surface area contributed by atoms with Crippen LogP contribution in [-0.4, -0.2) is 58.8 Å². The Bertz CT molecular complexity index is 978. The number of hydrogen-bond acceptors (Lipinski definition) is 6. The molecule has 7 nitrogen and oxygen atoms in total. The molecule has 1 aromatic heterocycles. The van der Waals surface area contributed by atoms with Crippen molar-refractivity contribution in [1.82, 2.24) is 8.61 Å². The zero-order valence-electron chi connectivity index (χ0n) is 15.8. The van der Waals surface area contributed by atoms with E-state index in [0.717, 1.165) is 22.0 Å². The summed E-state index contributed by atoms with van der Waals surface area (Å²) >= 11 is 1.50. The summed E-state index contributed by atoms with van der Waals surface area (Å²) in [6.45, 7) is 1.18. The third kappa shape index (κ3) is 4.64. The molecule has 0 amide bonds. The Kier molecular flexibility index (Phi) is 6.58. The van der Waals surface area contributed by atoms with Crippen LogP contribution in [-0.2, 0) is 31.3 Å². The Hall–Kier alpha value is -1.30. The van der Waals surface area contributed by atoms with Gasteiger partial charge in [0.1, 0.15) is 0 Å². The molecule has 3 rings (SSSR count). The average Bonchev–Trinajstić information content (AvgIpc) is 3.35. The van der Waals surface area contributed by atoms with Gasteiger partial charge in [-0.25, -0.2) is 21.1 Å². The van der Waals surface area contributed by atoms with Gasteiger partial charge in [-0.15, -0.1) is 11.3 Å². The number of nitrogens with zero attached hydrogens (tertiary/aromatic N) is 2. The molecule has 0 bridgehead atoms. The molecule has 1 saturated heterocycles. The van der Waals surface area contributed by atoms with Gasteiger partial charge >= 0.3 is 0 Å². The standard InChI is InChI=1S/C18H24N2O5S3/c1-19(2)27(21,22)17-7-9-18(10-8-17)28(23,24)20(13-15-5-3-11-25-15)14-16-6-4-12-26-16/h4,6-10,12,15H,3,5,11,13-14H2,1-2H3/t15-/m1/s1. The van der Waals surface area contributed by atoms with Crippen molar-refractivity contribution in [2.75, 3.05) is 27.2 Å². The van der Waals surface area contributed by atoms with Crippen LogP contribution in [0.15, 0.2) is 51.6 Å².